The molecule has 0 amide bonds. The highest BCUT2D eigenvalue weighted by molar-refractivity contribution is 5.39. The van der Waals surface area contributed by atoms with Crippen LogP contribution in [-0.2, 0) is 4.74 Å². The number of piperidine rings is 1. The van der Waals surface area contributed by atoms with E-state index < -0.39 is 11.6 Å². The SMILES string of the molecule is COC[C@H](Oc1cnc(N2C[C@H](c3cc(F)ccc3F)[C@@H](N)C2)nc1)C1CCN(c2nc(C(C)C)no2)CC1. The molecule has 0 bridgehead atoms. The standard InChI is InChI=1S/C27H35F2N7O3/c1-16(2)25-33-27(39-34-25)35-8-6-17(7-9-35)24(15-37-3)38-19-11-31-26(32-12-19)36-13-21(23(30)14-36)20-10-18(28)4-5-22(20)29/h4-5,10-12,16-17,21,23-24H,6-9,13-15,30H2,1-3H3/t21-,23+,24+/m1/s1. The highest BCUT2D eigenvalue weighted by Crippen LogP contribution is 2.32. The number of halogens is 2. The van der Waals surface area contributed by atoms with Gasteiger partial charge in [0.2, 0.25) is 5.95 Å². The smallest absolute Gasteiger partial charge is 0.324 e. The second kappa shape index (κ2) is 11.8. The van der Waals surface area contributed by atoms with Crippen molar-refractivity contribution in [2.75, 3.05) is 49.7 Å². The van der Waals surface area contributed by atoms with Crippen LogP contribution in [0.15, 0.2) is 35.1 Å². The van der Waals surface area contributed by atoms with Crippen molar-refractivity contribution in [2.24, 2.45) is 11.7 Å². The first-order chi connectivity index (χ1) is 18.8. The number of aromatic nitrogens is 4. The lowest BCUT2D eigenvalue weighted by atomic mass is 9.91. The van der Waals surface area contributed by atoms with Crippen molar-refractivity contribution >= 4 is 12.0 Å². The molecule has 2 aromatic heterocycles. The molecule has 39 heavy (non-hydrogen) atoms. The molecule has 3 aromatic rings. The first kappa shape index (κ1) is 27.2. The fourth-order valence-electron chi connectivity index (χ4n) is 5.31. The Labute approximate surface area is 226 Å². The first-order valence-corrected chi connectivity index (χ1v) is 13.3. The number of ether oxygens (including phenoxy) is 2. The molecule has 5 rings (SSSR count). The fourth-order valence-corrected chi connectivity index (χ4v) is 5.31. The molecule has 0 unspecified atom stereocenters. The lowest BCUT2D eigenvalue weighted by Gasteiger charge is -2.34. The number of nitrogens with zero attached hydrogens (tertiary/aromatic N) is 6. The van der Waals surface area contributed by atoms with Gasteiger partial charge in [-0.1, -0.05) is 19.0 Å². The summed E-state index contributed by atoms with van der Waals surface area (Å²) in [5.41, 5.74) is 6.56. The van der Waals surface area contributed by atoms with Crippen molar-refractivity contribution < 1.29 is 22.8 Å². The molecule has 0 aliphatic carbocycles. The van der Waals surface area contributed by atoms with Crippen LogP contribution < -0.4 is 20.3 Å². The molecule has 4 heterocycles. The van der Waals surface area contributed by atoms with Crippen molar-refractivity contribution in [3.8, 4) is 5.75 Å². The van der Waals surface area contributed by atoms with Crippen molar-refractivity contribution in [1.29, 1.82) is 0 Å². The van der Waals surface area contributed by atoms with Crippen molar-refractivity contribution in [2.45, 2.75) is 50.7 Å². The monoisotopic (exact) mass is 543 g/mol. The Balaban J connectivity index is 1.19. The van der Waals surface area contributed by atoms with Gasteiger partial charge >= 0.3 is 6.01 Å². The van der Waals surface area contributed by atoms with Crippen LogP contribution in [0.5, 0.6) is 5.75 Å². The predicted octanol–water partition coefficient (Wildman–Crippen LogP) is 3.50. The summed E-state index contributed by atoms with van der Waals surface area (Å²) in [5.74, 6) is 0.897. The van der Waals surface area contributed by atoms with Gasteiger partial charge in [-0.2, -0.15) is 4.98 Å². The summed E-state index contributed by atoms with van der Waals surface area (Å²) in [6, 6.07) is 3.65. The average molecular weight is 544 g/mol. The molecule has 2 aliphatic heterocycles. The lowest BCUT2D eigenvalue weighted by Crippen LogP contribution is -2.41. The molecule has 2 saturated heterocycles. The first-order valence-electron chi connectivity index (χ1n) is 13.3. The highest BCUT2D eigenvalue weighted by Gasteiger charge is 2.35. The van der Waals surface area contributed by atoms with Gasteiger partial charge in [-0.15, -0.1) is 0 Å². The van der Waals surface area contributed by atoms with Crippen LogP contribution in [0.3, 0.4) is 0 Å². The van der Waals surface area contributed by atoms with Gasteiger partial charge in [0.25, 0.3) is 0 Å². The van der Waals surface area contributed by atoms with E-state index in [-0.39, 0.29) is 35.5 Å². The number of anilines is 2. The van der Waals surface area contributed by atoms with Crippen LogP contribution in [0.4, 0.5) is 20.7 Å². The van der Waals surface area contributed by atoms with Crippen LogP contribution in [0, 0.1) is 17.6 Å². The minimum absolute atomic E-state index is 0.166. The third-order valence-corrected chi connectivity index (χ3v) is 7.52. The van der Waals surface area contributed by atoms with E-state index >= 15 is 0 Å². The summed E-state index contributed by atoms with van der Waals surface area (Å²) in [6.07, 6.45) is 4.87. The summed E-state index contributed by atoms with van der Waals surface area (Å²) in [5, 5.41) is 4.07. The normalized spacial score (nSPS) is 21.1. The topological polar surface area (TPSA) is 116 Å². The maximum absolute atomic E-state index is 14.3. The molecule has 2 fully saturated rings. The minimum Gasteiger partial charge on any atom is -0.484 e. The molecule has 12 heteroatoms. The number of nitrogens with two attached hydrogens (primary N) is 1. The van der Waals surface area contributed by atoms with Crippen LogP contribution >= 0.6 is 0 Å². The molecule has 10 nitrogen and oxygen atoms in total. The second-order valence-electron chi connectivity index (χ2n) is 10.6. The number of rotatable bonds is 9. The predicted molar refractivity (Wildman–Crippen MR) is 141 cm³/mol. The largest absolute Gasteiger partial charge is 0.484 e. The third-order valence-electron chi connectivity index (χ3n) is 7.52. The van der Waals surface area contributed by atoms with E-state index in [1.807, 2.05) is 18.7 Å². The van der Waals surface area contributed by atoms with Crippen LogP contribution in [0.1, 0.15) is 49.9 Å². The molecule has 210 valence electrons. The Morgan fingerprint density at radius 3 is 2.51 bits per heavy atom. The van der Waals surface area contributed by atoms with Crippen LogP contribution in [0.25, 0.3) is 0 Å². The molecular weight excluding hydrogens is 508 g/mol. The molecule has 0 spiro atoms. The number of methoxy groups -OCH3 is 1. The minimum atomic E-state index is -0.485. The van der Waals surface area contributed by atoms with Crippen molar-refractivity contribution in [3.05, 3.63) is 53.6 Å². The summed E-state index contributed by atoms with van der Waals surface area (Å²) in [6.45, 7) is 6.91. The highest BCUT2D eigenvalue weighted by atomic mass is 19.1. The summed E-state index contributed by atoms with van der Waals surface area (Å²) in [7, 11) is 1.66. The molecule has 3 atom stereocenters. The van der Waals surface area contributed by atoms with E-state index in [0.29, 0.717) is 43.2 Å². The molecule has 0 radical (unpaired) electrons. The van der Waals surface area contributed by atoms with E-state index in [0.717, 1.165) is 38.1 Å². The van der Waals surface area contributed by atoms with Crippen LogP contribution in [-0.4, -0.2) is 72.2 Å². The number of hydrogen-bond acceptors (Lipinski definition) is 10. The van der Waals surface area contributed by atoms with Gasteiger partial charge in [-0.05, 0) is 36.6 Å². The lowest BCUT2D eigenvalue weighted by molar-refractivity contribution is 0.0340. The van der Waals surface area contributed by atoms with Gasteiger partial charge in [0.15, 0.2) is 11.6 Å². The maximum atomic E-state index is 14.3. The van der Waals surface area contributed by atoms with Gasteiger partial charge in [0, 0.05) is 57.1 Å². The Morgan fingerprint density at radius 2 is 1.85 bits per heavy atom. The summed E-state index contributed by atoms with van der Waals surface area (Å²) < 4.78 is 45.3. The fraction of sp³-hybridized carbons (Fsp3) is 0.556. The maximum Gasteiger partial charge on any atom is 0.324 e. The number of hydrogen-bond donors (Lipinski definition) is 1. The van der Waals surface area contributed by atoms with E-state index in [9.17, 15) is 8.78 Å². The molecule has 2 N–H and O–H groups in total. The molecular formula is C27H35F2N7O3. The van der Waals surface area contributed by atoms with Gasteiger partial charge in [0.05, 0.1) is 19.0 Å². The molecule has 2 aliphatic rings. The Hall–Kier alpha value is -3.38. The third kappa shape index (κ3) is 6.11. The number of benzene rings is 1. The van der Waals surface area contributed by atoms with Gasteiger partial charge in [0.1, 0.15) is 17.7 Å². The Morgan fingerprint density at radius 1 is 1.10 bits per heavy atom. The summed E-state index contributed by atoms with van der Waals surface area (Å²) >= 11 is 0. The van der Waals surface area contributed by atoms with Gasteiger partial charge in [-0.3, -0.25) is 0 Å². The van der Waals surface area contributed by atoms with Crippen LogP contribution in [0.2, 0.25) is 0 Å². The van der Waals surface area contributed by atoms with Gasteiger partial charge in [-0.25, -0.2) is 18.7 Å². The van der Waals surface area contributed by atoms with Gasteiger partial charge < -0.3 is 29.5 Å². The zero-order valence-corrected chi connectivity index (χ0v) is 22.5. The van der Waals surface area contributed by atoms with E-state index in [4.69, 9.17) is 19.7 Å². The van der Waals surface area contributed by atoms with E-state index in [1.165, 1.54) is 6.07 Å². The van der Waals surface area contributed by atoms with E-state index in [1.54, 1.807) is 19.5 Å². The van der Waals surface area contributed by atoms with E-state index in [2.05, 4.69) is 25.0 Å². The zero-order valence-electron chi connectivity index (χ0n) is 22.5. The Bertz CT molecular complexity index is 1230. The quantitative estimate of drug-likeness (QED) is 0.430. The molecule has 1 aromatic carbocycles. The zero-order chi connectivity index (χ0) is 27.5. The van der Waals surface area contributed by atoms with Crippen molar-refractivity contribution in [1.82, 2.24) is 20.1 Å². The Kier molecular flexibility index (Phi) is 8.22. The summed E-state index contributed by atoms with van der Waals surface area (Å²) in [4.78, 5) is 17.5. The average Bonchev–Trinajstić information content (AvgIpc) is 3.58. The van der Waals surface area contributed by atoms with Crippen molar-refractivity contribution in [3.63, 3.8) is 0 Å². The second-order valence-corrected chi connectivity index (χ2v) is 10.6. The molecule has 0 saturated carbocycles.